The average Bonchev–Trinajstić information content (AvgIpc) is 2.37. The van der Waals surface area contributed by atoms with E-state index < -0.39 is 17.8 Å². The lowest BCUT2D eigenvalue weighted by Crippen LogP contribution is -2.13. The standard InChI is InChI=1S/C14H12F3NO/c1-9-8-18-7-6-10(9)13(19)11-4-2-3-5-12(11)14(15,16)17/h2-8,13,19H,1H3. The topological polar surface area (TPSA) is 33.1 Å². The van der Waals surface area contributed by atoms with Gasteiger partial charge in [-0.1, -0.05) is 18.2 Å². The molecule has 2 aromatic rings. The van der Waals surface area contributed by atoms with E-state index in [4.69, 9.17) is 0 Å². The molecule has 1 atom stereocenters. The van der Waals surface area contributed by atoms with Crippen LogP contribution < -0.4 is 0 Å². The molecule has 0 amide bonds. The van der Waals surface area contributed by atoms with Crippen molar-refractivity contribution in [3.8, 4) is 0 Å². The van der Waals surface area contributed by atoms with E-state index in [-0.39, 0.29) is 5.56 Å². The Labute approximate surface area is 108 Å². The number of benzene rings is 1. The second kappa shape index (κ2) is 5.01. The molecule has 1 aromatic carbocycles. The molecular weight excluding hydrogens is 255 g/mol. The van der Waals surface area contributed by atoms with Crippen molar-refractivity contribution in [3.63, 3.8) is 0 Å². The minimum atomic E-state index is -4.49. The zero-order chi connectivity index (χ0) is 14.0. The largest absolute Gasteiger partial charge is 0.416 e. The monoisotopic (exact) mass is 267 g/mol. The second-order valence-electron chi connectivity index (χ2n) is 4.22. The van der Waals surface area contributed by atoms with E-state index >= 15 is 0 Å². The molecule has 0 bridgehead atoms. The molecule has 0 aliphatic heterocycles. The van der Waals surface area contributed by atoms with Crippen molar-refractivity contribution in [2.45, 2.75) is 19.2 Å². The summed E-state index contributed by atoms with van der Waals surface area (Å²) in [6, 6.07) is 6.55. The van der Waals surface area contributed by atoms with Gasteiger partial charge in [0.1, 0.15) is 6.10 Å². The highest BCUT2D eigenvalue weighted by Crippen LogP contribution is 2.36. The molecule has 2 nitrogen and oxygen atoms in total. The van der Waals surface area contributed by atoms with Gasteiger partial charge in [-0.05, 0) is 35.7 Å². The minimum absolute atomic E-state index is 0.149. The molecule has 0 radical (unpaired) electrons. The number of nitrogens with zero attached hydrogens (tertiary/aromatic N) is 1. The number of alkyl halides is 3. The number of hydrogen-bond donors (Lipinski definition) is 1. The van der Waals surface area contributed by atoms with Crippen molar-refractivity contribution in [1.29, 1.82) is 0 Å². The third-order valence-electron chi connectivity index (χ3n) is 2.92. The van der Waals surface area contributed by atoms with Crippen molar-refractivity contribution in [2.24, 2.45) is 0 Å². The maximum atomic E-state index is 12.9. The van der Waals surface area contributed by atoms with Gasteiger partial charge in [0.25, 0.3) is 0 Å². The van der Waals surface area contributed by atoms with Gasteiger partial charge in [0.05, 0.1) is 5.56 Å². The normalized spacial score (nSPS) is 13.3. The van der Waals surface area contributed by atoms with Gasteiger partial charge in [0.15, 0.2) is 0 Å². The third-order valence-corrected chi connectivity index (χ3v) is 2.92. The molecule has 0 saturated heterocycles. The summed E-state index contributed by atoms with van der Waals surface area (Å²) < 4.78 is 38.7. The van der Waals surface area contributed by atoms with Gasteiger partial charge in [-0.25, -0.2) is 0 Å². The summed E-state index contributed by atoms with van der Waals surface area (Å²) in [5, 5.41) is 10.2. The Bertz CT molecular complexity index is 581. The average molecular weight is 267 g/mol. The van der Waals surface area contributed by atoms with Crippen LogP contribution in [-0.2, 0) is 6.18 Å². The summed E-state index contributed by atoms with van der Waals surface area (Å²) in [6.45, 7) is 1.70. The first-order valence-electron chi connectivity index (χ1n) is 5.66. The first-order valence-corrected chi connectivity index (χ1v) is 5.66. The number of rotatable bonds is 2. The first kappa shape index (κ1) is 13.5. The molecule has 1 unspecified atom stereocenters. The molecule has 0 aliphatic carbocycles. The lowest BCUT2D eigenvalue weighted by atomic mass is 9.95. The Kier molecular flexibility index (Phi) is 3.57. The molecule has 1 aromatic heterocycles. The lowest BCUT2D eigenvalue weighted by molar-refractivity contribution is -0.139. The lowest BCUT2D eigenvalue weighted by Gasteiger charge is -2.18. The SMILES string of the molecule is Cc1cnccc1C(O)c1ccccc1C(F)(F)F. The number of aliphatic hydroxyl groups excluding tert-OH is 1. The van der Waals surface area contributed by atoms with E-state index in [9.17, 15) is 18.3 Å². The van der Waals surface area contributed by atoms with E-state index in [1.54, 1.807) is 6.92 Å². The third kappa shape index (κ3) is 2.76. The Balaban J connectivity index is 2.51. The number of aliphatic hydroxyl groups is 1. The van der Waals surface area contributed by atoms with Gasteiger partial charge in [0.2, 0.25) is 0 Å². The number of pyridine rings is 1. The van der Waals surface area contributed by atoms with Crippen LogP contribution in [0.3, 0.4) is 0 Å². The van der Waals surface area contributed by atoms with Crippen LogP contribution in [0.2, 0.25) is 0 Å². The van der Waals surface area contributed by atoms with Gasteiger partial charge in [-0.2, -0.15) is 13.2 Å². The molecule has 0 fully saturated rings. The van der Waals surface area contributed by atoms with Gasteiger partial charge in [0, 0.05) is 12.4 Å². The van der Waals surface area contributed by atoms with Crippen LogP contribution in [0.25, 0.3) is 0 Å². The summed E-state index contributed by atoms with van der Waals surface area (Å²) in [5.74, 6) is 0. The zero-order valence-corrected chi connectivity index (χ0v) is 10.1. The van der Waals surface area contributed by atoms with Crippen LogP contribution in [0.15, 0.2) is 42.7 Å². The maximum absolute atomic E-state index is 12.9. The van der Waals surface area contributed by atoms with Gasteiger partial charge < -0.3 is 5.11 Å². The van der Waals surface area contributed by atoms with E-state index in [0.717, 1.165) is 6.07 Å². The van der Waals surface area contributed by atoms with Crippen molar-refractivity contribution < 1.29 is 18.3 Å². The van der Waals surface area contributed by atoms with Crippen molar-refractivity contribution in [3.05, 3.63) is 65.0 Å². The number of halogens is 3. The Hall–Kier alpha value is -1.88. The fourth-order valence-corrected chi connectivity index (χ4v) is 1.95. The highest BCUT2D eigenvalue weighted by Gasteiger charge is 2.35. The van der Waals surface area contributed by atoms with Crippen LogP contribution in [0.4, 0.5) is 13.2 Å². The van der Waals surface area contributed by atoms with Gasteiger partial charge >= 0.3 is 6.18 Å². The number of aromatic nitrogens is 1. The first-order chi connectivity index (χ1) is 8.91. The molecule has 1 heterocycles. The molecule has 0 aliphatic rings. The van der Waals surface area contributed by atoms with Crippen LogP contribution in [-0.4, -0.2) is 10.1 Å². The zero-order valence-electron chi connectivity index (χ0n) is 10.1. The quantitative estimate of drug-likeness (QED) is 0.903. The Morgan fingerprint density at radius 3 is 2.42 bits per heavy atom. The van der Waals surface area contributed by atoms with Crippen LogP contribution in [0.1, 0.15) is 28.4 Å². The van der Waals surface area contributed by atoms with Gasteiger partial charge in [-0.3, -0.25) is 4.98 Å². The molecule has 1 N–H and O–H groups in total. The molecule has 5 heteroatoms. The molecule has 19 heavy (non-hydrogen) atoms. The van der Waals surface area contributed by atoms with Crippen molar-refractivity contribution in [1.82, 2.24) is 4.98 Å². The highest BCUT2D eigenvalue weighted by molar-refractivity contribution is 5.39. The fraction of sp³-hybridized carbons (Fsp3) is 0.214. The summed E-state index contributed by atoms with van der Waals surface area (Å²) in [6.07, 6.45) is -2.85. The fourth-order valence-electron chi connectivity index (χ4n) is 1.95. The maximum Gasteiger partial charge on any atom is 0.416 e. The summed E-state index contributed by atoms with van der Waals surface area (Å²) >= 11 is 0. The van der Waals surface area contributed by atoms with E-state index in [1.165, 1.54) is 36.7 Å². The number of aryl methyl sites for hydroxylation is 1. The number of hydrogen-bond acceptors (Lipinski definition) is 2. The summed E-state index contributed by atoms with van der Waals surface area (Å²) in [7, 11) is 0. The smallest absolute Gasteiger partial charge is 0.384 e. The molecule has 2 rings (SSSR count). The van der Waals surface area contributed by atoms with Gasteiger partial charge in [-0.15, -0.1) is 0 Å². The van der Waals surface area contributed by atoms with E-state index in [0.29, 0.717) is 11.1 Å². The molecule has 100 valence electrons. The van der Waals surface area contributed by atoms with Crippen molar-refractivity contribution >= 4 is 0 Å². The van der Waals surface area contributed by atoms with Crippen molar-refractivity contribution in [2.75, 3.05) is 0 Å². The summed E-state index contributed by atoms with van der Waals surface area (Å²) in [4.78, 5) is 3.86. The molecule has 0 saturated carbocycles. The molecule has 0 spiro atoms. The second-order valence-corrected chi connectivity index (χ2v) is 4.22. The van der Waals surface area contributed by atoms with E-state index in [1.807, 2.05) is 0 Å². The highest BCUT2D eigenvalue weighted by atomic mass is 19.4. The summed E-state index contributed by atoms with van der Waals surface area (Å²) in [5.41, 5.74) is 0.0988. The van der Waals surface area contributed by atoms with Crippen LogP contribution >= 0.6 is 0 Å². The van der Waals surface area contributed by atoms with E-state index in [2.05, 4.69) is 4.98 Å². The molecular formula is C14H12F3NO. The Morgan fingerprint density at radius 1 is 1.11 bits per heavy atom. The Morgan fingerprint density at radius 2 is 1.79 bits per heavy atom. The predicted molar refractivity (Wildman–Crippen MR) is 64.5 cm³/mol. The van der Waals surface area contributed by atoms with Crippen LogP contribution in [0.5, 0.6) is 0 Å². The van der Waals surface area contributed by atoms with Crippen LogP contribution in [0, 0.1) is 6.92 Å². The minimum Gasteiger partial charge on any atom is -0.384 e. The predicted octanol–water partition coefficient (Wildman–Crippen LogP) is 3.49.